The molecule has 3 rings (SSSR count). The van der Waals surface area contributed by atoms with Crippen molar-refractivity contribution >= 4 is 16.6 Å². The van der Waals surface area contributed by atoms with Crippen molar-refractivity contribution in [1.82, 2.24) is 4.57 Å². The van der Waals surface area contributed by atoms with E-state index in [1.807, 2.05) is 0 Å². The Bertz CT molecular complexity index is 803. The van der Waals surface area contributed by atoms with E-state index in [1.54, 1.807) is 0 Å². The fourth-order valence-electron chi connectivity index (χ4n) is 2.57. The van der Waals surface area contributed by atoms with Crippen LogP contribution >= 0.6 is 0 Å². The smallest absolute Gasteiger partial charge is 0.191 e. The maximum absolute atomic E-state index is 13.8. The molecular formula is C14H12AcF3N2O-. The zero-order valence-electron chi connectivity index (χ0n) is 11.5. The summed E-state index contributed by atoms with van der Waals surface area (Å²) in [7, 11) is 0. The molecule has 1 saturated carbocycles. The van der Waals surface area contributed by atoms with Crippen molar-refractivity contribution in [2.75, 3.05) is 0 Å². The van der Waals surface area contributed by atoms with Gasteiger partial charge in [-0.2, -0.15) is 0 Å². The topological polar surface area (TPSA) is 45.8 Å². The third kappa shape index (κ3) is 2.43. The molecular weight excluding hydrogens is 496 g/mol. The van der Waals surface area contributed by atoms with E-state index in [1.165, 1.54) is 24.6 Å². The van der Waals surface area contributed by atoms with Gasteiger partial charge >= 0.3 is 0 Å². The van der Waals surface area contributed by atoms with E-state index in [2.05, 4.69) is 0 Å². The Morgan fingerprint density at radius 3 is 2.38 bits per heavy atom. The maximum atomic E-state index is 13.8. The van der Waals surface area contributed by atoms with Crippen LogP contribution in [0.1, 0.15) is 23.6 Å². The number of pyridine rings is 1. The van der Waals surface area contributed by atoms with Crippen LogP contribution in [0.15, 0.2) is 11.0 Å². The van der Waals surface area contributed by atoms with Crippen LogP contribution in [0, 0.1) is 69.5 Å². The van der Waals surface area contributed by atoms with Gasteiger partial charge in [-0.25, -0.2) is 13.2 Å². The van der Waals surface area contributed by atoms with E-state index in [9.17, 15) is 18.0 Å². The molecule has 1 fully saturated rings. The summed E-state index contributed by atoms with van der Waals surface area (Å²) in [6.07, 6.45) is 0.684. The van der Waals surface area contributed by atoms with Crippen LogP contribution in [0.5, 0.6) is 0 Å². The predicted molar refractivity (Wildman–Crippen MR) is 70.1 cm³/mol. The Kier molecular flexibility index (Phi) is 4.48. The third-order valence-electron chi connectivity index (χ3n) is 3.80. The second kappa shape index (κ2) is 5.59. The van der Waals surface area contributed by atoms with Crippen LogP contribution in [0.2, 0.25) is 0 Å². The third-order valence-corrected chi connectivity index (χ3v) is 3.80. The summed E-state index contributed by atoms with van der Waals surface area (Å²) in [6, 6.07) is -0.472. The molecule has 1 radical (unpaired) electrons. The van der Waals surface area contributed by atoms with Crippen molar-refractivity contribution in [3.8, 4) is 0 Å². The molecule has 1 aliphatic carbocycles. The first-order valence-corrected chi connectivity index (χ1v) is 6.23. The number of aryl methyl sites for hydroxylation is 2. The first-order valence-electron chi connectivity index (χ1n) is 6.23. The zero-order chi connectivity index (χ0) is 14.8. The Morgan fingerprint density at radius 1 is 1.29 bits per heavy atom. The maximum Gasteiger partial charge on any atom is 0.191 e. The van der Waals surface area contributed by atoms with Gasteiger partial charge in [0.1, 0.15) is 12.0 Å². The van der Waals surface area contributed by atoms with Crippen molar-refractivity contribution in [2.45, 2.75) is 32.5 Å². The van der Waals surface area contributed by atoms with Crippen LogP contribution in [0.4, 0.5) is 18.9 Å². The predicted octanol–water partition coefficient (Wildman–Crippen LogP) is 3.86. The number of halogens is 3. The fraction of sp³-hybridized carbons (Fsp3) is 0.357. The normalized spacial score (nSPS) is 20.4. The Hall–Kier alpha value is -0.538. The van der Waals surface area contributed by atoms with Crippen molar-refractivity contribution in [3.63, 3.8) is 0 Å². The number of alkyl halides is 1. The van der Waals surface area contributed by atoms with E-state index in [0.29, 0.717) is 0 Å². The summed E-state index contributed by atoms with van der Waals surface area (Å²) in [5.41, 5.74) is 6.72. The number of hydrogen-bond donors (Lipinski definition) is 0. The molecule has 1 N–H and O–H groups in total. The molecule has 0 aliphatic heterocycles. The summed E-state index contributed by atoms with van der Waals surface area (Å²) >= 11 is 0. The van der Waals surface area contributed by atoms with Gasteiger partial charge in [0.25, 0.3) is 0 Å². The number of hydrogen-bond acceptors (Lipinski definition) is 1. The van der Waals surface area contributed by atoms with Crippen LogP contribution in [-0.2, 0) is 0 Å². The summed E-state index contributed by atoms with van der Waals surface area (Å²) in [6.45, 7) is 2.85. The van der Waals surface area contributed by atoms with Gasteiger partial charge in [0.15, 0.2) is 11.2 Å². The molecule has 1 aromatic carbocycles. The Labute approximate surface area is 154 Å². The van der Waals surface area contributed by atoms with E-state index < -0.39 is 35.0 Å². The molecule has 0 saturated heterocycles. The van der Waals surface area contributed by atoms with Gasteiger partial charge in [-0.3, -0.25) is 4.79 Å². The number of nitrogens with zero attached hydrogens (tertiary/aromatic N) is 1. The minimum absolute atomic E-state index is 0. The van der Waals surface area contributed by atoms with Gasteiger partial charge < -0.3 is 10.3 Å². The van der Waals surface area contributed by atoms with E-state index >= 15 is 0 Å². The van der Waals surface area contributed by atoms with Gasteiger partial charge in [0, 0.05) is 73.2 Å². The number of fused-ring (bicyclic) bond motifs is 1. The van der Waals surface area contributed by atoms with Crippen LogP contribution in [0.25, 0.3) is 16.6 Å². The standard InChI is InChI=1S/C14H13F3N2O.Ac/c1-5-4-19(8-3-7(8)15)13-6(2)10(16)11(17)12(18)9(13)14(5)20;/h4,7-8H,3H2,1-2H3,(H2,18,20);/p-1/t7-,8+;/m0./s1. The minimum Gasteiger partial charge on any atom is -0.696 e. The van der Waals surface area contributed by atoms with Crippen molar-refractivity contribution in [1.29, 1.82) is 0 Å². The minimum atomic E-state index is -1.34. The Balaban J connectivity index is 0.00000161. The molecule has 0 unspecified atom stereocenters. The molecule has 2 atom stereocenters. The molecule has 109 valence electrons. The average Bonchev–Trinajstić information content (AvgIpc) is 3.13. The molecule has 3 nitrogen and oxygen atoms in total. The van der Waals surface area contributed by atoms with Gasteiger partial charge in [-0.05, 0) is 13.8 Å². The fourth-order valence-corrected chi connectivity index (χ4v) is 2.57. The summed E-state index contributed by atoms with van der Waals surface area (Å²) in [4.78, 5) is 12.1. The van der Waals surface area contributed by atoms with Gasteiger partial charge in [0.05, 0.1) is 11.6 Å². The first-order chi connectivity index (χ1) is 9.34. The molecule has 7 heteroatoms. The number of nitrogens with one attached hydrogen (secondary N) is 1. The van der Waals surface area contributed by atoms with Crippen molar-refractivity contribution in [2.24, 2.45) is 0 Å². The zero-order valence-corrected chi connectivity index (χ0v) is 16.3. The second-order valence-electron chi connectivity index (χ2n) is 5.22. The quantitative estimate of drug-likeness (QED) is 0.578. The molecule has 21 heavy (non-hydrogen) atoms. The van der Waals surface area contributed by atoms with Crippen molar-refractivity contribution in [3.05, 3.63) is 44.9 Å². The molecule has 0 amide bonds. The van der Waals surface area contributed by atoms with E-state index in [4.69, 9.17) is 5.73 Å². The Morgan fingerprint density at radius 2 is 1.86 bits per heavy atom. The first kappa shape index (κ1) is 16.8. The van der Waals surface area contributed by atoms with Gasteiger partial charge in [-0.1, -0.05) is 5.69 Å². The average molecular weight is 508 g/mol. The van der Waals surface area contributed by atoms with Gasteiger partial charge in [0.2, 0.25) is 0 Å². The number of benzene rings is 1. The van der Waals surface area contributed by atoms with E-state index in [0.717, 1.165) is 0 Å². The van der Waals surface area contributed by atoms with Crippen LogP contribution in [0.3, 0.4) is 0 Å². The molecule has 1 aliphatic rings. The van der Waals surface area contributed by atoms with E-state index in [-0.39, 0.29) is 72.5 Å². The largest absolute Gasteiger partial charge is 0.696 e. The number of rotatable bonds is 1. The molecule has 0 spiro atoms. The van der Waals surface area contributed by atoms with Crippen molar-refractivity contribution < 1.29 is 57.2 Å². The van der Waals surface area contributed by atoms with Crippen LogP contribution in [-0.4, -0.2) is 10.7 Å². The molecule has 1 aromatic heterocycles. The summed E-state index contributed by atoms with van der Waals surface area (Å²) in [5, 5.41) is -0.180. The monoisotopic (exact) mass is 508 g/mol. The second-order valence-corrected chi connectivity index (χ2v) is 5.22. The molecule has 0 bridgehead atoms. The van der Waals surface area contributed by atoms with Gasteiger partial charge in [-0.15, -0.1) is 0 Å². The van der Waals surface area contributed by atoms with Crippen LogP contribution < -0.4 is 5.43 Å². The number of aromatic nitrogens is 1. The molecule has 1 heterocycles. The molecule has 2 aromatic rings. The SMILES string of the molecule is Cc1cn([C@@H]2C[C@@H]2F)c2c(C)c(F)c(F)c([NH-])c2c1=O.[Ac]. The summed E-state index contributed by atoms with van der Waals surface area (Å²) < 4.78 is 42.3. The summed E-state index contributed by atoms with van der Waals surface area (Å²) in [5.74, 6) is -2.49.